The van der Waals surface area contributed by atoms with Crippen LogP contribution in [0.5, 0.6) is 0 Å². The van der Waals surface area contributed by atoms with Crippen LogP contribution in [0.2, 0.25) is 0 Å². The molecule has 0 aromatic heterocycles. The van der Waals surface area contributed by atoms with E-state index in [0.29, 0.717) is 18.2 Å². The number of hydrogen-bond acceptors (Lipinski definition) is 3. The maximum absolute atomic E-state index is 12.2. The minimum atomic E-state index is -0.710. The minimum Gasteiger partial charge on any atom is -0.354 e. The number of hydrogen-bond donors (Lipinski definition) is 2. The molecule has 2 rings (SSSR count). The van der Waals surface area contributed by atoms with Crippen LogP contribution in [-0.4, -0.2) is 24.9 Å². The molecule has 0 bridgehead atoms. The molecule has 0 fully saturated rings. The summed E-state index contributed by atoms with van der Waals surface area (Å²) in [7, 11) is 0. The van der Waals surface area contributed by atoms with Gasteiger partial charge in [-0.2, -0.15) is 0 Å². The van der Waals surface area contributed by atoms with Crippen LogP contribution in [0, 0.1) is 5.92 Å². The zero-order valence-corrected chi connectivity index (χ0v) is 13.1. The Bertz CT molecular complexity index is 545. The topological polar surface area (TPSA) is 75.4 Å². The first-order valence-electron chi connectivity index (χ1n) is 6.54. The summed E-state index contributed by atoms with van der Waals surface area (Å²) in [5.74, 6) is -0.0458. The van der Waals surface area contributed by atoms with Crippen LogP contribution in [-0.2, 0) is 9.59 Å². The number of nitrogens with zero attached hydrogens (tertiary/aromatic N) is 1. The number of anilines is 1. The van der Waals surface area contributed by atoms with Crippen LogP contribution >= 0.6 is 15.9 Å². The molecule has 1 aromatic rings. The molecule has 0 radical (unpaired) electrons. The number of rotatable bonds is 4. The number of amides is 2. The first-order chi connectivity index (χ1) is 9.41. The van der Waals surface area contributed by atoms with Gasteiger partial charge in [0.25, 0.3) is 0 Å². The molecule has 0 aliphatic carbocycles. The number of carbonyl (C=O) groups excluding carboxylic acids is 2. The van der Waals surface area contributed by atoms with Crippen LogP contribution in [0.15, 0.2) is 22.7 Å². The lowest BCUT2D eigenvalue weighted by molar-refractivity contribution is -0.124. The van der Waals surface area contributed by atoms with Crippen molar-refractivity contribution in [2.24, 2.45) is 11.7 Å². The first kappa shape index (κ1) is 15.0. The molecule has 1 aliphatic heterocycles. The van der Waals surface area contributed by atoms with Crippen molar-refractivity contribution in [2.75, 3.05) is 18.0 Å². The van der Waals surface area contributed by atoms with E-state index in [9.17, 15) is 9.59 Å². The maximum Gasteiger partial charge on any atom is 0.249 e. The molecule has 1 unspecified atom stereocenters. The molecule has 0 saturated heterocycles. The Balaban J connectivity index is 2.16. The number of halogens is 1. The van der Waals surface area contributed by atoms with Gasteiger partial charge in [0.1, 0.15) is 12.6 Å². The van der Waals surface area contributed by atoms with E-state index in [0.717, 1.165) is 10.0 Å². The monoisotopic (exact) mass is 339 g/mol. The first-order valence-corrected chi connectivity index (χ1v) is 7.33. The predicted octanol–water partition coefficient (Wildman–Crippen LogP) is 1.57. The van der Waals surface area contributed by atoms with E-state index < -0.39 is 6.04 Å². The fourth-order valence-electron chi connectivity index (χ4n) is 2.16. The van der Waals surface area contributed by atoms with Gasteiger partial charge in [0.2, 0.25) is 11.8 Å². The fraction of sp³-hybridized carbons (Fsp3) is 0.429. The predicted molar refractivity (Wildman–Crippen MR) is 81.3 cm³/mol. The van der Waals surface area contributed by atoms with Crippen molar-refractivity contribution < 1.29 is 9.59 Å². The van der Waals surface area contributed by atoms with Crippen molar-refractivity contribution in [1.82, 2.24) is 5.32 Å². The van der Waals surface area contributed by atoms with Crippen LogP contribution in [0.25, 0.3) is 0 Å². The average Bonchev–Trinajstić information content (AvgIpc) is 2.63. The molecule has 5 nitrogen and oxygen atoms in total. The lowest BCUT2D eigenvalue weighted by Gasteiger charge is -2.17. The summed E-state index contributed by atoms with van der Waals surface area (Å²) in [6.07, 6.45) is 0. The summed E-state index contributed by atoms with van der Waals surface area (Å²) in [6, 6.07) is 4.76. The third-order valence-electron chi connectivity index (χ3n) is 3.17. The molecule has 0 spiro atoms. The molecule has 3 N–H and O–H groups in total. The summed E-state index contributed by atoms with van der Waals surface area (Å²) >= 11 is 3.40. The molecule has 2 amide bonds. The number of nitrogens with one attached hydrogen (secondary N) is 1. The average molecular weight is 340 g/mol. The largest absolute Gasteiger partial charge is 0.354 e. The number of benzene rings is 1. The van der Waals surface area contributed by atoms with E-state index in [1.807, 2.05) is 26.0 Å². The third kappa shape index (κ3) is 2.86. The van der Waals surface area contributed by atoms with Crippen LogP contribution < -0.4 is 16.0 Å². The Labute approximate surface area is 126 Å². The SMILES string of the molecule is CC(C)CNC(=O)CN1C(=O)C(N)c2c(Br)cccc21. The second-order valence-corrected chi connectivity index (χ2v) is 6.13. The fourth-order valence-corrected chi connectivity index (χ4v) is 2.76. The van der Waals surface area contributed by atoms with Crippen molar-refractivity contribution in [2.45, 2.75) is 19.9 Å². The Hall–Kier alpha value is -1.40. The molecule has 1 atom stereocenters. The van der Waals surface area contributed by atoms with E-state index in [-0.39, 0.29) is 18.4 Å². The lowest BCUT2D eigenvalue weighted by Crippen LogP contribution is -2.41. The van der Waals surface area contributed by atoms with Gasteiger partial charge in [-0.15, -0.1) is 0 Å². The van der Waals surface area contributed by atoms with Gasteiger partial charge < -0.3 is 16.0 Å². The summed E-state index contributed by atoms with van der Waals surface area (Å²) in [5, 5.41) is 2.80. The molecule has 20 heavy (non-hydrogen) atoms. The van der Waals surface area contributed by atoms with Crippen LogP contribution in [0.1, 0.15) is 25.5 Å². The quantitative estimate of drug-likeness (QED) is 0.874. The van der Waals surface area contributed by atoms with E-state index in [1.165, 1.54) is 4.90 Å². The van der Waals surface area contributed by atoms with Crippen molar-refractivity contribution in [3.8, 4) is 0 Å². The summed E-state index contributed by atoms with van der Waals surface area (Å²) in [5.41, 5.74) is 7.38. The van der Waals surface area contributed by atoms with Crippen LogP contribution in [0.3, 0.4) is 0 Å². The zero-order valence-electron chi connectivity index (χ0n) is 11.5. The Kier molecular flexibility index (Phi) is 4.45. The third-order valence-corrected chi connectivity index (χ3v) is 3.86. The minimum absolute atomic E-state index is 0.00269. The second kappa shape index (κ2) is 5.93. The molecular formula is C14H18BrN3O2. The van der Waals surface area contributed by atoms with E-state index >= 15 is 0 Å². The Morgan fingerprint density at radius 1 is 1.50 bits per heavy atom. The van der Waals surface area contributed by atoms with E-state index in [4.69, 9.17) is 5.73 Å². The highest BCUT2D eigenvalue weighted by atomic mass is 79.9. The van der Waals surface area contributed by atoms with Crippen molar-refractivity contribution in [3.63, 3.8) is 0 Å². The van der Waals surface area contributed by atoms with Crippen LogP contribution in [0.4, 0.5) is 5.69 Å². The van der Waals surface area contributed by atoms with Gasteiger partial charge in [0.15, 0.2) is 0 Å². The molecule has 1 aliphatic rings. The van der Waals surface area contributed by atoms with E-state index in [2.05, 4.69) is 21.2 Å². The zero-order chi connectivity index (χ0) is 14.9. The molecular weight excluding hydrogens is 322 g/mol. The number of carbonyl (C=O) groups is 2. The molecule has 6 heteroatoms. The Morgan fingerprint density at radius 3 is 2.85 bits per heavy atom. The van der Waals surface area contributed by atoms with Gasteiger partial charge in [0, 0.05) is 16.6 Å². The van der Waals surface area contributed by atoms with Crippen molar-refractivity contribution in [3.05, 3.63) is 28.2 Å². The highest BCUT2D eigenvalue weighted by Crippen LogP contribution is 2.38. The van der Waals surface area contributed by atoms with Gasteiger partial charge in [0.05, 0.1) is 5.69 Å². The van der Waals surface area contributed by atoms with Crippen molar-refractivity contribution in [1.29, 1.82) is 0 Å². The highest BCUT2D eigenvalue weighted by Gasteiger charge is 2.37. The summed E-state index contributed by atoms with van der Waals surface area (Å²) in [4.78, 5) is 25.5. The summed E-state index contributed by atoms with van der Waals surface area (Å²) < 4.78 is 0.793. The van der Waals surface area contributed by atoms with Gasteiger partial charge in [-0.3, -0.25) is 9.59 Å². The van der Waals surface area contributed by atoms with Gasteiger partial charge in [-0.05, 0) is 18.1 Å². The standard InChI is InChI=1S/C14H18BrN3O2/c1-8(2)6-17-11(19)7-18-10-5-3-4-9(15)12(10)13(16)14(18)20/h3-5,8,13H,6-7,16H2,1-2H3,(H,17,19). The van der Waals surface area contributed by atoms with Gasteiger partial charge >= 0.3 is 0 Å². The molecule has 108 valence electrons. The number of nitrogens with two attached hydrogens (primary N) is 1. The normalized spacial score (nSPS) is 17.6. The molecule has 1 heterocycles. The maximum atomic E-state index is 12.2. The summed E-state index contributed by atoms with van der Waals surface area (Å²) in [6.45, 7) is 4.63. The van der Waals surface area contributed by atoms with Gasteiger partial charge in [-0.25, -0.2) is 0 Å². The van der Waals surface area contributed by atoms with Crippen molar-refractivity contribution >= 4 is 33.4 Å². The number of fused-ring (bicyclic) bond motifs is 1. The highest BCUT2D eigenvalue weighted by molar-refractivity contribution is 9.10. The lowest BCUT2D eigenvalue weighted by atomic mass is 10.1. The smallest absolute Gasteiger partial charge is 0.249 e. The second-order valence-electron chi connectivity index (χ2n) is 5.27. The molecule has 0 saturated carbocycles. The van der Waals surface area contributed by atoms with Gasteiger partial charge in [-0.1, -0.05) is 35.8 Å². The van der Waals surface area contributed by atoms with E-state index in [1.54, 1.807) is 6.07 Å². The molecule has 1 aromatic carbocycles. The Morgan fingerprint density at radius 2 is 2.20 bits per heavy atom.